The van der Waals surface area contributed by atoms with Crippen LogP contribution in [0.4, 0.5) is 0 Å². The highest BCUT2D eigenvalue weighted by molar-refractivity contribution is 7.09. The second-order valence-corrected chi connectivity index (χ2v) is 7.97. The highest BCUT2D eigenvalue weighted by Crippen LogP contribution is 2.13. The Morgan fingerprint density at radius 2 is 2.12 bits per heavy atom. The van der Waals surface area contributed by atoms with Crippen LogP contribution < -0.4 is 10.6 Å². The standard InChI is InChI=1S/C18H31N5OS/c1-14(2)23-9-7-15(8-10-23)21-18(20-13-17(24)22(3)4)19-12-16-6-5-11-25-16/h5-6,11,14-15H,7-10,12-13H2,1-4H3,(H2,19,20,21). The van der Waals surface area contributed by atoms with Gasteiger partial charge in [0, 0.05) is 44.1 Å². The lowest BCUT2D eigenvalue weighted by molar-refractivity contribution is -0.127. The van der Waals surface area contributed by atoms with Crippen LogP contribution in [-0.2, 0) is 11.3 Å². The molecule has 140 valence electrons. The van der Waals surface area contributed by atoms with Crippen LogP contribution in [-0.4, -0.2) is 67.5 Å². The summed E-state index contributed by atoms with van der Waals surface area (Å²) in [6, 6.07) is 5.15. The van der Waals surface area contributed by atoms with E-state index in [4.69, 9.17) is 0 Å². The number of likely N-dealkylation sites (N-methyl/N-ethyl adjacent to an activating group) is 1. The second-order valence-electron chi connectivity index (χ2n) is 6.93. The van der Waals surface area contributed by atoms with Crippen LogP contribution in [0.1, 0.15) is 31.6 Å². The van der Waals surface area contributed by atoms with Gasteiger partial charge in [-0.05, 0) is 38.1 Å². The van der Waals surface area contributed by atoms with Crippen molar-refractivity contribution in [2.75, 3.05) is 33.7 Å². The number of rotatable bonds is 6. The minimum absolute atomic E-state index is 0.00634. The molecule has 1 amide bonds. The van der Waals surface area contributed by atoms with Crippen LogP contribution in [0.25, 0.3) is 0 Å². The molecule has 1 aliphatic heterocycles. The number of hydrogen-bond donors (Lipinski definition) is 2. The number of likely N-dealkylation sites (tertiary alicyclic amines) is 1. The molecule has 0 saturated carbocycles. The molecular formula is C18H31N5OS. The zero-order chi connectivity index (χ0) is 18.2. The number of nitrogens with zero attached hydrogens (tertiary/aromatic N) is 3. The van der Waals surface area contributed by atoms with Gasteiger partial charge >= 0.3 is 0 Å². The van der Waals surface area contributed by atoms with E-state index in [1.807, 2.05) is 6.07 Å². The quantitative estimate of drug-likeness (QED) is 0.596. The van der Waals surface area contributed by atoms with E-state index in [2.05, 4.69) is 45.8 Å². The second kappa shape index (κ2) is 9.77. The van der Waals surface area contributed by atoms with Crippen LogP contribution in [0, 0.1) is 0 Å². The van der Waals surface area contributed by atoms with Crippen molar-refractivity contribution in [1.82, 2.24) is 20.4 Å². The summed E-state index contributed by atoms with van der Waals surface area (Å²) >= 11 is 1.72. The monoisotopic (exact) mass is 365 g/mol. The van der Waals surface area contributed by atoms with Gasteiger partial charge in [-0.15, -0.1) is 11.3 Å². The van der Waals surface area contributed by atoms with E-state index in [1.54, 1.807) is 30.3 Å². The first kappa shape index (κ1) is 19.7. The molecule has 1 aromatic heterocycles. The predicted molar refractivity (Wildman–Crippen MR) is 105 cm³/mol. The zero-order valence-electron chi connectivity index (χ0n) is 15.8. The fourth-order valence-electron chi connectivity index (χ4n) is 2.78. The van der Waals surface area contributed by atoms with Crippen LogP contribution in [0.5, 0.6) is 0 Å². The summed E-state index contributed by atoms with van der Waals surface area (Å²) in [5.41, 5.74) is 0. The zero-order valence-corrected chi connectivity index (χ0v) is 16.6. The smallest absolute Gasteiger partial charge is 0.243 e. The Morgan fingerprint density at radius 1 is 1.40 bits per heavy atom. The summed E-state index contributed by atoms with van der Waals surface area (Å²) in [7, 11) is 3.51. The molecule has 0 aliphatic carbocycles. The van der Waals surface area contributed by atoms with E-state index >= 15 is 0 Å². The Morgan fingerprint density at radius 3 is 2.68 bits per heavy atom. The van der Waals surface area contributed by atoms with Crippen molar-refractivity contribution in [2.45, 2.75) is 45.3 Å². The molecule has 1 fully saturated rings. The molecule has 2 N–H and O–H groups in total. The van der Waals surface area contributed by atoms with Gasteiger partial charge < -0.3 is 20.4 Å². The summed E-state index contributed by atoms with van der Waals surface area (Å²) in [5, 5.41) is 8.95. The van der Waals surface area contributed by atoms with E-state index in [9.17, 15) is 4.79 Å². The molecule has 1 aliphatic rings. The van der Waals surface area contributed by atoms with E-state index < -0.39 is 0 Å². The van der Waals surface area contributed by atoms with Gasteiger partial charge in [0.25, 0.3) is 0 Å². The van der Waals surface area contributed by atoms with Gasteiger partial charge in [0.15, 0.2) is 5.96 Å². The fourth-order valence-corrected chi connectivity index (χ4v) is 3.42. The van der Waals surface area contributed by atoms with Crippen molar-refractivity contribution >= 4 is 23.2 Å². The third-order valence-electron chi connectivity index (χ3n) is 4.48. The average molecular weight is 366 g/mol. The van der Waals surface area contributed by atoms with Gasteiger partial charge in [0.2, 0.25) is 5.91 Å². The number of thiophene rings is 1. The predicted octanol–water partition coefficient (Wildman–Crippen LogP) is 1.74. The summed E-state index contributed by atoms with van der Waals surface area (Å²) in [4.78, 5) is 21.7. The minimum atomic E-state index is 0.00634. The van der Waals surface area contributed by atoms with Crippen LogP contribution in [0.2, 0.25) is 0 Å². The number of amides is 1. The lowest BCUT2D eigenvalue weighted by atomic mass is 10.0. The first-order valence-electron chi connectivity index (χ1n) is 8.97. The summed E-state index contributed by atoms with van der Waals surface area (Å²) in [5.74, 6) is 0.735. The third-order valence-corrected chi connectivity index (χ3v) is 5.36. The van der Waals surface area contributed by atoms with Crippen molar-refractivity contribution < 1.29 is 4.79 Å². The number of nitrogens with one attached hydrogen (secondary N) is 2. The Balaban J connectivity index is 1.91. The van der Waals surface area contributed by atoms with E-state index in [1.165, 1.54) is 4.88 Å². The number of guanidine groups is 1. The normalized spacial score (nSPS) is 16.9. The lowest BCUT2D eigenvalue weighted by Crippen LogP contribution is -2.50. The van der Waals surface area contributed by atoms with Crippen LogP contribution in [0.15, 0.2) is 22.5 Å². The summed E-state index contributed by atoms with van der Waals surface area (Å²) in [6.07, 6.45) is 2.19. The first-order chi connectivity index (χ1) is 12.0. The van der Waals surface area contributed by atoms with Gasteiger partial charge in [0.1, 0.15) is 6.54 Å². The molecule has 2 heterocycles. The number of carbonyl (C=O) groups excluding carboxylic acids is 1. The van der Waals surface area contributed by atoms with Crippen molar-refractivity contribution in [2.24, 2.45) is 4.99 Å². The minimum Gasteiger partial charge on any atom is -0.354 e. The number of aliphatic imine (C=N–C) groups is 1. The number of piperidine rings is 1. The van der Waals surface area contributed by atoms with Gasteiger partial charge in [-0.1, -0.05) is 6.07 Å². The number of carbonyl (C=O) groups is 1. The molecule has 0 spiro atoms. The molecule has 25 heavy (non-hydrogen) atoms. The van der Waals surface area contributed by atoms with Crippen molar-refractivity contribution in [3.05, 3.63) is 22.4 Å². The fraction of sp³-hybridized carbons (Fsp3) is 0.667. The third kappa shape index (κ3) is 6.66. The van der Waals surface area contributed by atoms with Crippen LogP contribution in [0.3, 0.4) is 0 Å². The van der Waals surface area contributed by atoms with Gasteiger partial charge in [-0.25, -0.2) is 4.99 Å². The summed E-state index contributed by atoms with van der Waals surface area (Å²) < 4.78 is 0. The maximum Gasteiger partial charge on any atom is 0.243 e. The highest BCUT2D eigenvalue weighted by Gasteiger charge is 2.21. The average Bonchev–Trinajstić information content (AvgIpc) is 3.10. The Bertz CT molecular complexity index is 548. The van der Waals surface area contributed by atoms with Crippen molar-refractivity contribution in [3.63, 3.8) is 0 Å². The van der Waals surface area contributed by atoms with Crippen molar-refractivity contribution in [1.29, 1.82) is 0 Å². The molecule has 2 rings (SSSR count). The molecule has 1 saturated heterocycles. The van der Waals surface area contributed by atoms with Crippen LogP contribution >= 0.6 is 11.3 Å². The molecule has 0 aromatic carbocycles. The van der Waals surface area contributed by atoms with E-state index in [0.717, 1.165) is 38.4 Å². The maximum absolute atomic E-state index is 11.8. The SMILES string of the molecule is CC(C)N1CCC(NC(=NCC(=O)N(C)C)NCc2cccs2)CC1. The first-order valence-corrected chi connectivity index (χ1v) is 9.85. The Hall–Kier alpha value is -1.60. The lowest BCUT2D eigenvalue weighted by Gasteiger charge is -2.35. The molecule has 0 bridgehead atoms. The van der Waals surface area contributed by atoms with Gasteiger partial charge in [-0.3, -0.25) is 4.79 Å². The number of hydrogen-bond acceptors (Lipinski definition) is 4. The molecule has 1 aromatic rings. The van der Waals surface area contributed by atoms with E-state index in [-0.39, 0.29) is 12.5 Å². The molecule has 0 atom stereocenters. The Labute approximate surface area is 155 Å². The molecule has 0 radical (unpaired) electrons. The summed E-state index contributed by atoms with van der Waals surface area (Å²) in [6.45, 7) is 7.59. The van der Waals surface area contributed by atoms with Gasteiger partial charge in [-0.2, -0.15) is 0 Å². The molecular weight excluding hydrogens is 334 g/mol. The Kier molecular flexibility index (Phi) is 7.71. The molecule has 0 unspecified atom stereocenters. The molecule has 6 nitrogen and oxygen atoms in total. The largest absolute Gasteiger partial charge is 0.354 e. The van der Waals surface area contributed by atoms with Crippen molar-refractivity contribution in [3.8, 4) is 0 Å². The van der Waals surface area contributed by atoms with Gasteiger partial charge in [0.05, 0.1) is 6.54 Å². The topological polar surface area (TPSA) is 60.0 Å². The maximum atomic E-state index is 11.8. The highest BCUT2D eigenvalue weighted by atomic mass is 32.1. The van der Waals surface area contributed by atoms with E-state index in [0.29, 0.717) is 12.1 Å². The molecule has 7 heteroatoms.